The van der Waals surface area contributed by atoms with Crippen LogP contribution in [0.4, 0.5) is 10.1 Å². The largest absolute Gasteiger partial charge is 0.398 e. The van der Waals surface area contributed by atoms with Crippen molar-refractivity contribution in [1.82, 2.24) is 0 Å². The molecule has 0 heterocycles. The average molecular weight is 221 g/mol. The number of carbonyl (C=O) groups excluding carboxylic acids is 1. The Labute approximate surface area is 94.6 Å². The summed E-state index contributed by atoms with van der Waals surface area (Å²) in [4.78, 5) is 11.9. The summed E-state index contributed by atoms with van der Waals surface area (Å²) in [6.07, 6.45) is 5.14. The number of nitrogen functional groups attached to an aromatic ring is 1. The molecule has 1 saturated carbocycles. The van der Waals surface area contributed by atoms with Crippen LogP contribution in [0.3, 0.4) is 0 Å². The molecule has 1 aromatic rings. The minimum atomic E-state index is -0.399. The second-order valence-corrected chi connectivity index (χ2v) is 4.51. The Morgan fingerprint density at radius 3 is 2.75 bits per heavy atom. The van der Waals surface area contributed by atoms with Crippen LogP contribution in [0.2, 0.25) is 0 Å². The van der Waals surface area contributed by atoms with Gasteiger partial charge in [-0.15, -0.1) is 0 Å². The summed E-state index contributed by atoms with van der Waals surface area (Å²) in [6, 6.07) is 3.98. The lowest BCUT2D eigenvalue weighted by Gasteiger charge is -2.09. The van der Waals surface area contributed by atoms with Crippen LogP contribution in [0.25, 0.3) is 0 Å². The molecule has 1 aromatic carbocycles. The molecule has 0 radical (unpaired) electrons. The van der Waals surface area contributed by atoms with Gasteiger partial charge in [0.2, 0.25) is 0 Å². The molecule has 86 valence electrons. The molecule has 0 saturated heterocycles. The molecule has 0 aromatic heterocycles. The fraction of sp³-hybridized carbons (Fsp3) is 0.462. The molecule has 2 rings (SSSR count). The average Bonchev–Trinajstić information content (AvgIpc) is 2.74. The first-order valence-electron chi connectivity index (χ1n) is 5.75. The molecule has 2 N–H and O–H groups in total. The van der Waals surface area contributed by atoms with Gasteiger partial charge in [0.1, 0.15) is 5.82 Å². The highest BCUT2D eigenvalue weighted by Crippen LogP contribution is 2.29. The quantitative estimate of drug-likeness (QED) is 0.629. The van der Waals surface area contributed by atoms with Crippen molar-refractivity contribution in [3.8, 4) is 0 Å². The van der Waals surface area contributed by atoms with Gasteiger partial charge in [-0.3, -0.25) is 4.79 Å². The molecular formula is C13H16FNO. The predicted molar refractivity (Wildman–Crippen MR) is 61.7 cm³/mol. The molecule has 0 aliphatic heterocycles. The van der Waals surface area contributed by atoms with E-state index >= 15 is 0 Å². The van der Waals surface area contributed by atoms with Crippen molar-refractivity contribution in [2.75, 3.05) is 5.73 Å². The summed E-state index contributed by atoms with van der Waals surface area (Å²) in [5.41, 5.74) is 6.40. The van der Waals surface area contributed by atoms with Crippen molar-refractivity contribution in [2.24, 2.45) is 5.92 Å². The lowest BCUT2D eigenvalue weighted by atomic mass is 9.96. The Hall–Kier alpha value is -1.38. The van der Waals surface area contributed by atoms with Gasteiger partial charge in [0.15, 0.2) is 5.78 Å². The summed E-state index contributed by atoms with van der Waals surface area (Å²) in [5.74, 6) is 0.0445. The molecule has 1 fully saturated rings. The van der Waals surface area contributed by atoms with Gasteiger partial charge in [0.25, 0.3) is 0 Å². The molecule has 0 amide bonds. The highest BCUT2D eigenvalue weighted by Gasteiger charge is 2.20. The zero-order valence-electron chi connectivity index (χ0n) is 9.21. The van der Waals surface area contributed by atoms with E-state index in [-0.39, 0.29) is 5.78 Å². The molecule has 0 unspecified atom stereocenters. The Morgan fingerprint density at radius 2 is 2.06 bits per heavy atom. The minimum absolute atomic E-state index is 0.0242. The number of anilines is 1. The number of ketones is 1. The van der Waals surface area contributed by atoms with Gasteiger partial charge in [-0.25, -0.2) is 4.39 Å². The van der Waals surface area contributed by atoms with Crippen molar-refractivity contribution < 1.29 is 9.18 Å². The monoisotopic (exact) mass is 221 g/mol. The number of benzene rings is 1. The topological polar surface area (TPSA) is 43.1 Å². The van der Waals surface area contributed by atoms with Crippen LogP contribution >= 0.6 is 0 Å². The van der Waals surface area contributed by atoms with Crippen LogP contribution in [-0.4, -0.2) is 5.78 Å². The van der Waals surface area contributed by atoms with E-state index in [1.165, 1.54) is 31.0 Å². The first-order chi connectivity index (χ1) is 7.66. The van der Waals surface area contributed by atoms with E-state index in [4.69, 9.17) is 5.73 Å². The first-order valence-corrected chi connectivity index (χ1v) is 5.75. The summed E-state index contributed by atoms with van der Waals surface area (Å²) < 4.78 is 13.0. The van der Waals surface area contributed by atoms with Crippen molar-refractivity contribution in [3.05, 3.63) is 29.6 Å². The molecular weight excluding hydrogens is 205 g/mol. The van der Waals surface area contributed by atoms with E-state index in [1.807, 2.05) is 0 Å². The Kier molecular flexibility index (Phi) is 3.22. The number of halogens is 1. The third-order valence-electron chi connectivity index (χ3n) is 3.26. The minimum Gasteiger partial charge on any atom is -0.398 e. The maximum atomic E-state index is 13.0. The molecule has 0 bridgehead atoms. The van der Waals surface area contributed by atoms with E-state index < -0.39 is 5.82 Å². The van der Waals surface area contributed by atoms with E-state index in [0.29, 0.717) is 23.6 Å². The molecule has 3 heteroatoms. The van der Waals surface area contributed by atoms with E-state index in [2.05, 4.69) is 0 Å². The summed E-state index contributed by atoms with van der Waals surface area (Å²) in [5, 5.41) is 0. The normalized spacial score (nSPS) is 16.6. The fourth-order valence-corrected chi connectivity index (χ4v) is 2.36. The highest BCUT2D eigenvalue weighted by molar-refractivity contribution is 6.00. The van der Waals surface area contributed by atoms with Crippen molar-refractivity contribution in [2.45, 2.75) is 32.1 Å². The number of Topliss-reactive ketones (excluding diaryl/α,β-unsaturated/α-hetero) is 1. The predicted octanol–water partition coefficient (Wildman–Crippen LogP) is 3.17. The second-order valence-electron chi connectivity index (χ2n) is 4.51. The molecule has 1 aliphatic rings. The number of hydrogen-bond donors (Lipinski definition) is 1. The number of nitrogens with two attached hydrogens (primary N) is 1. The van der Waals surface area contributed by atoms with Crippen molar-refractivity contribution in [1.29, 1.82) is 0 Å². The van der Waals surface area contributed by atoms with Gasteiger partial charge in [0.05, 0.1) is 0 Å². The summed E-state index contributed by atoms with van der Waals surface area (Å²) in [7, 11) is 0. The summed E-state index contributed by atoms with van der Waals surface area (Å²) >= 11 is 0. The lowest BCUT2D eigenvalue weighted by molar-refractivity contribution is 0.0962. The number of carbonyl (C=O) groups is 1. The molecule has 0 atom stereocenters. The zero-order chi connectivity index (χ0) is 11.5. The Bertz CT molecular complexity index is 397. The lowest BCUT2D eigenvalue weighted by Crippen LogP contribution is -2.08. The van der Waals surface area contributed by atoms with Gasteiger partial charge in [-0.2, -0.15) is 0 Å². The van der Waals surface area contributed by atoms with Crippen LogP contribution in [0.5, 0.6) is 0 Å². The summed E-state index contributed by atoms with van der Waals surface area (Å²) in [6.45, 7) is 0. The fourth-order valence-electron chi connectivity index (χ4n) is 2.36. The number of rotatable bonds is 3. The third-order valence-corrected chi connectivity index (χ3v) is 3.26. The van der Waals surface area contributed by atoms with Gasteiger partial charge in [-0.05, 0) is 24.1 Å². The zero-order valence-corrected chi connectivity index (χ0v) is 9.21. The third kappa shape index (κ3) is 2.40. The molecule has 16 heavy (non-hydrogen) atoms. The van der Waals surface area contributed by atoms with E-state index in [0.717, 1.165) is 12.8 Å². The highest BCUT2D eigenvalue weighted by atomic mass is 19.1. The van der Waals surface area contributed by atoms with Gasteiger partial charge in [-0.1, -0.05) is 25.7 Å². The van der Waals surface area contributed by atoms with Gasteiger partial charge >= 0.3 is 0 Å². The standard InChI is InChI=1S/C13H16FNO/c14-10-5-6-12(15)11(8-10)13(16)7-9-3-1-2-4-9/h5-6,8-9H,1-4,7,15H2. The van der Waals surface area contributed by atoms with E-state index in [9.17, 15) is 9.18 Å². The first kappa shape index (κ1) is 11.1. The van der Waals surface area contributed by atoms with Gasteiger partial charge < -0.3 is 5.73 Å². The SMILES string of the molecule is Nc1ccc(F)cc1C(=O)CC1CCCC1. The van der Waals surface area contributed by atoms with E-state index in [1.54, 1.807) is 0 Å². The van der Waals surface area contributed by atoms with Crippen LogP contribution in [0.15, 0.2) is 18.2 Å². The van der Waals surface area contributed by atoms with Crippen LogP contribution in [0.1, 0.15) is 42.5 Å². The van der Waals surface area contributed by atoms with Gasteiger partial charge in [0, 0.05) is 17.7 Å². The number of hydrogen-bond acceptors (Lipinski definition) is 2. The molecule has 1 aliphatic carbocycles. The molecule has 2 nitrogen and oxygen atoms in total. The smallest absolute Gasteiger partial charge is 0.165 e. The van der Waals surface area contributed by atoms with Crippen molar-refractivity contribution >= 4 is 11.5 Å². The van der Waals surface area contributed by atoms with Crippen LogP contribution in [0, 0.1) is 11.7 Å². The Morgan fingerprint density at radius 1 is 1.38 bits per heavy atom. The molecule has 0 spiro atoms. The van der Waals surface area contributed by atoms with Crippen molar-refractivity contribution in [3.63, 3.8) is 0 Å². The Balaban J connectivity index is 2.10. The van der Waals surface area contributed by atoms with Crippen LogP contribution in [-0.2, 0) is 0 Å². The maximum Gasteiger partial charge on any atom is 0.165 e. The second kappa shape index (κ2) is 4.64. The van der Waals surface area contributed by atoms with Crippen LogP contribution < -0.4 is 5.73 Å². The maximum absolute atomic E-state index is 13.0.